The van der Waals surface area contributed by atoms with Crippen LogP contribution in [0.4, 0.5) is 0 Å². The zero-order valence-corrected chi connectivity index (χ0v) is 13.9. The van der Waals surface area contributed by atoms with Gasteiger partial charge in [-0.1, -0.05) is 13.8 Å². The van der Waals surface area contributed by atoms with Gasteiger partial charge in [-0.3, -0.25) is 0 Å². The molecule has 0 aromatic heterocycles. The fourth-order valence-electron chi connectivity index (χ4n) is 1.37. The van der Waals surface area contributed by atoms with Crippen LogP contribution in [-0.2, 0) is 13.3 Å². The average molecular weight is 297 g/mol. The molecule has 0 rings (SSSR count). The minimum absolute atomic E-state index is 0.261. The van der Waals surface area contributed by atoms with Gasteiger partial charge in [-0.05, 0) is 12.2 Å². The van der Waals surface area contributed by atoms with Crippen LogP contribution in [0.3, 0.4) is 0 Å². The van der Waals surface area contributed by atoms with E-state index in [1.807, 2.05) is 13.8 Å². The summed E-state index contributed by atoms with van der Waals surface area (Å²) < 4.78 is 16.0. The van der Waals surface area contributed by atoms with Crippen LogP contribution in [0.2, 0.25) is 6.04 Å². The van der Waals surface area contributed by atoms with Gasteiger partial charge in [0.15, 0.2) is 0 Å². The van der Waals surface area contributed by atoms with Crippen molar-refractivity contribution < 1.29 is 18.4 Å². The van der Waals surface area contributed by atoms with Crippen LogP contribution in [0, 0.1) is 5.41 Å². The molecule has 1 atom stereocenters. The van der Waals surface area contributed by atoms with Crippen LogP contribution in [0.5, 0.6) is 0 Å². The summed E-state index contributed by atoms with van der Waals surface area (Å²) in [6, 6.07) is 0.801. The molecule has 0 aliphatic carbocycles. The smallest absolute Gasteiger partial charge is 0.378 e. The number of rotatable bonds is 10. The van der Waals surface area contributed by atoms with Crippen LogP contribution in [-0.4, -0.2) is 53.0 Å². The van der Waals surface area contributed by atoms with E-state index < -0.39 is 15.0 Å². The standard InChI is InChI=1S/C11H27NO4SSi/c1-11(2,10(12)13)9-17-7-6-8-18(14-3,15-4)16-5/h10,13H,6-9,12H2,1-5H3. The highest BCUT2D eigenvalue weighted by molar-refractivity contribution is 7.99. The maximum atomic E-state index is 9.39. The highest BCUT2D eigenvalue weighted by atomic mass is 32.2. The third-order valence-corrected chi connectivity index (χ3v) is 7.34. The van der Waals surface area contributed by atoms with Crippen molar-refractivity contribution in [2.75, 3.05) is 32.8 Å². The molecule has 0 fully saturated rings. The lowest BCUT2D eigenvalue weighted by molar-refractivity contribution is 0.0725. The SMILES string of the molecule is CO[Si](CCCSCC(C)(C)C(N)O)(OC)OC. The fourth-order valence-corrected chi connectivity index (χ4v) is 4.54. The number of thioether (sulfide) groups is 1. The third kappa shape index (κ3) is 6.01. The summed E-state index contributed by atoms with van der Waals surface area (Å²) >= 11 is 1.78. The second-order valence-corrected chi connectivity index (χ2v) is 9.08. The molecule has 3 N–H and O–H groups in total. The number of aliphatic hydroxyl groups excluding tert-OH is 1. The van der Waals surface area contributed by atoms with Crippen LogP contribution in [0.25, 0.3) is 0 Å². The van der Waals surface area contributed by atoms with E-state index in [-0.39, 0.29) is 5.41 Å². The molecule has 0 aliphatic heterocycles. The highest BCUT2D eigenvalue weighted by Gasteiger charge is 2.36. The van der Waals surface area contributed by atoms with Crippen molar-refractivity contribution >= 4 is 20.6 Å². The average Bonchev–Trinajstić information content (AvgIpc) is 2.34. The monoisotopic (exact) mass is 297 g/mol. The van der Waals surface area contributed by atoms with Gasteiger partial charge in [0.25, 0.3) is 0 Å². The lowest BCUT2D eigenvalue weighted by Gasteiger charge is -2.27. The molecule has 5 nitrogen and oxygen atoms in total. The van der Waals surface area contributed by atoms with Crippen LogP contribution in [0.15, 0.2) is 0 Å². The van der Waals surface area contributed by atoms with Crippen molar-refractivity contribution in [3.05, 3.63) is 0 Å². The maximum absolute atomic E-state index is 9.39. The molecule has 0 aromatic rings. The number of nitrogens with two attached hydrogens (primary N) is 1. The van der Waals surface area contributed by atoms with Crippen LogP contribution >= 0.6 is 11.8 Å². The zero-order valence-electron chi connectivity index (χ0n) is 12.1. The summed E-state index contributed by atoms with van der Waals surface area (Å²) in [6.07, 6.45) is 0.179. The van der Waals surface area contributed by atoms with Gasteiger partial charge in [-0.25, -0.2) is 0 Å². The van der Waals surface area contributed by atoms with Crippen molar-refractivity contribution in [2.24, 2.45) is 11.1 Å². The molecule has 0 bridgehead atoms. The lowest BCUT2D eigenvalue weighted by atomic mass is 9.95. The Bertz CT molecular complexity index is 217. The van der Waals surface area contributed by atoms with Crippen molar-refractivity contribution in [1.82, 2.24) is 0 Å². The third-order valence-electron chi connectivity index (χ3n) is 2.98. The first kappa shape index (κ1) is 18.4. The van der Waals surface area contributed by atoms with Gasteiger partial charge in [0.05, 0.1) is 0 Å². The Kier molecular flexibility index (Phi) is 8.69. The molecule has 0 saturated heterocycles. The van der Waals surface area contributed by atoms with Gasteiger partial charge in [-0.15, -0.1) is 0 Å². The molecule has 18 heavy (non-hydrogen) atoms. The van der Waals surface area contributed by atoms with Gasteiger partial charge in [0.1, 0.15) is 6.23 Å². The van der Waals surface area contributed by atoms with E-state index >= 15 is 0 Å². The minimum atomic E-state index is -2.42. The topological polar surface area (TPSA) is 73.9 Å². The number of hydrogen-bond donors (Lipinski definition) is 2. The summed E-state index contributed by atoms with van der Waals surface area (Å²) in [6.45, 7) is 3.92. The van der Waals surface area contributed by atoms with Crippen LogP contribution < -0.4 is 5.73 Å². The van der Waals surface area contributed by atoms with Gasteiger partial charge in [-0.2, -0.15) is 11.8 Å². The van der Waals surface area contributed by atoms with Crippen molar-refractivity contribution in [3.63, 3.8) is 0 Å². The summed E-state index contributed by atoms with van der Waals surface area (Å²) in [7, 11) is 2.45. The number of aliphatic hydroxyl groups is 1. The van der Waals surface area contributed by atoms with E-state index in [0.717, 1.165) is 24.0 Å². The predicted molar refractivity (Wildman–Crippen MR) is 77.5 cm³/mol. The Morgan fingerprint density at radius 3 is 2.11 bits per heavy atom. The van der Waals surface area contributed by atoms with Gasteiger partial charge < -0.3 is 24.1 Å². The predicted octanol–water partition coefficient (Wildman–Crippen LogP) is 1.29. The fraction of sp³-hybridized carbons (Fsp3) is 1.00. The van der Waals surface area contributed by atoms with Crippen molar-refractivity contribution in [3.8, 4) is 0 Å². The summed E-state index contributed by atoms with van der Waals surface area (Å²) in [5, 5.41) is 9.39. The van der Waals surface area contributed by atoms with E-state index in [1.165, 1.54) is 0 Å². The molecule has 0 aromatic carbocycles. The second-order valence-electron chi connectivity index (χ2n) is 4.88. The molecule has 0 aliphatic rings. The van der Waals surface area contributed by atoms with E-state index in [1.54, 1.807) is 33.1 Å². The molecule has 0 heterocycles. The lowest BCUT2D eigenvalue weighted by Crippen LogP contribution is -2.42. The minimum Gasteiger partial charge on any atom is -0.378 e. The normalized spacial score (nSPS) is 14.8. The quantitative estimate of drug-likeness (QED) is 0.360. The maximum Gasteiger partial charge on any atom is 0.500 e. The summed E-state index contributed by atoms with van der Waals surface area (Å²) in [5.41, 5.74) is 5.25. The van der Waals surface area contributed by atoms with E-state index in [9.17, 15) is 5.11 Å². The molecule has 7 heteroatoms. The van der Waals surface area contributed by atoms with Crippen molar-refractivity contribution in [1.29, 1.82) is 0 Å². The Balaban J connectivity index is 3.87. The Morgan fingerprint density at radius 1 is 1.22 bits per heavy atom. The molecule has 0 radical (unpaired) electrons. The Morgan fingerprint density at radius 2 is 1.72 bits per heavy atom. The van der Waals surface area contributed by atoms with Crippen LogP contribution in [0.1, 0.15) is 20.3 Å². The van der Waals surface area contributed by atoms with E-state index in [2.05, 4.69) is 0 Å². The largest absolute Gasteiger partial charge is 0.500 e. The molecular weight excluding hydrogens is 270 g/mol. The molecule has 1 unspecified atom stereocenters. The molecule has 0 amide bonds. The van der Waals surface area contributed by atoms with E-state index in [4.69, 9.17) is 19.0 Å². The molecule has 0 spiro atoms. The van der Waals surface area contributed by atoms with Gasteiger partial charge in [0.2, 0.25) is 0 Å². The van der Waals surface area contributed by atoms with E-state index in [0.29, 0.717) is 0 Å². The molecule has 0 saturated carbocycles. The molecule has 110 valence electrons. The summed E-state index contributed by atoms with van der Waals surface area (Å²) in [5.74, 6) is 1.80. The summed E-state index contributed by atoms with van der Waals surface area (Å²) in [4.78, 5) is 0. The first-order valence-electron chi connectivity index (χ1n) is 6.00. The Hall–Kier alpha value is 0.367. The number of hydrogen-bond acceptors (Lipinski definition) is 6. The van der Waals surface area contributed by atoms with Gasteiger partial charge >= 0.3 is 8.80 Å². The first-order chi connectivity index (χ1) is 8.33. The Labute approximate surface area is 116 Å². The van der Waals surface area contributed by atoms with Crippen molar-refractivity contribution in [2.45, 2.75) is 32.5 Å². The first-order valence-corrected chi connectivity index (χ1v) is 9.09. The van der Waals surface area contributed by atoms with Gasteiger partial charge in [0, 0.05) is 38.5 Å². The second kappa shape index (κ2) is 8.52. The zero-order chi connectivity index (χ0) is 14.2. The highest BCUT2D eigenvalue weighted by Crippen LogP contribution is 2.25. The molecular formula is C11H27NO4SSi.